The van der Waals surface area contributed by atoms with Gasteiger partial charge in [0.2, 0.25) is 0 Å². The van der Waals surface area contributed by atoms with E-state index in [1.54, 1.807) is 6.08 Å². The summed E-state index contributed by atoms with van der Waals surface area (Å²) in [6.07, 6.45) is 1.77. The van der Waals surface area contributed by atoms with Gasteiger partial charge in [0.25, 0.3) is 0 Å². The topological polar surface area (TPSA) is 34.1 Å². The van der Waals surface area contributed by atoms with E-state index in [2.05, 4.69) is 22.6 Å². The summed E-state index contributed by atoms with van der Waals surface area (Å²) in [5, 5.41) is 0. The van der Waals surface area contributed by atoms with Crippen LogP contribution in [0.3, 0.4) is 0 Å². The van der Waals surface area contributed by atoms with E-state index >= 15 is 0 Å². The number of Topliss-reactive ketones (excluding diaryl/α,β-unsaturated/α-hetero) is 1. The second-order valence-electron chi connectivity index (χ2n) is 6.37. The van der Waals surface area contributed by atoms with Gasteiger partial charge in [-0.3, -0.25) is 9.59 Å². The van der Waals surface area contributed by atoms with E-state index in [1.807, 2.05) is 85.8 Å². The maximum absolute atomic E-state index is 12.7. The molecule has 0 bridgehead atoms. The summed E-state index contributed by atoms with van der Waals surface area (Å²) in [6, 6.07) is 24.5. The third kappa shape index (κ3) is 5.23. The minimum Gasteiger partial charge on any atom is -0.294 e. The first-order chi connectivity index (χ1) is 13.0. The van der Waals surface area contributed by atoms with Crippen LogP contribution in [0.5, 0.6) is 0 Å². The van der Waals surface area contributed by atoms with Gasteiger partial charge in [-0.1, -0.05) is 72.3 Å². The fourth-order valence-electron chi connectivity index (χ4n) is 2.76. The first kappa shape index (κ1) is 19.2. The second kappa shape index (κ2) is 8.91. The molecular weight excluding hydrogens is 447 g/mol. The molecule has 0 saturated heterocycles. The van der Waals surface area contributed by atoms with Crippen molar-refractivity contribution in [1.82, 2.24) is 0 Å². The number of rotatable bonds is 6. The molecule has 0 N–H and O–H groups in total. The maximum atomic E-state index is 12.7. The van der Waals surface area contributed by atoms with Crippen molar-refractivity contribution in [3.63, 3.8) is 0 Å². The summed E-state index contributed by atoms with van der Waals surface area (Å²) in [5.74, 6) is -0.0949. The van der Waals surface area contributed by atoms with E-state index in [0.717, 1.165) is 20.3 Å². The highest BCUT2D eigenvalue weighted by atomic mass is 127. The molecule has 3 aromatic carbocycles. The van der Waals surface area contributed by atoms with Crippen LogP contribution in [0.25, 0.3) is 5.57 Å². The Kier molecular flexibility index (Phi) is 6.35. The normalized spacial score (nSPS) is 11.3. The number of carbonyl (C=O) groups is 2. The summed E-state index contributed by atoms with van der Waals surface area (Å²) >= 11 is 2.21. The Bertz CT molecular complexity index is 969. The van der Waals surface area contributed by atoms with Crippen molar-refractivity contribution in [2.45, 2.75) is 13.3 Å². The van der Waals surface area contributed by atoms with Gasteiger partial charge < -0.3 is 0 Å². The van der Waals surface area contributed by atoms with Gasteiger partial charge in [-0.2, -0.15) is 0 Å². The molecule has 0 unspecified atom stereocenters. The second-order valence-corrected chi connectivity index (χ2v) is 7.62. The number of ketones is 2. The van der Waals surface area contributed by atoms with Crippen LogP contribution in [0.4, 0.5) is 0 Å². The molecule has 3 aromatic rings. The largest absolute Gasteiger partial charge is 0.294 e. The van der Waals surface area contributed by atoms with Gasteiger partial charge in [-0.25, -0.2) is 0 Å². The zero-order chi connectivity index (χ0) is 19.2. The molecule has 2 nitrogen and oxygen atoms in total. The smallest absolute Gasteiger partial charge is 0.186 e. The lowest BCUT2D eigenvalue weighted by Crippen LogP contribution is -2.03. The molecule has 0 atom stereocenters. The standard InChI is InChI=1S/C24H19IO2/c1-17-7-9-19(10-8-17)23(26)15-21(18-5-3-2-4-6-18)16-24(27)20-11-13-22(25)14-12-20/h2-15H,16H2,1H3. The number of hydrogen-bond donors (Lipinski definition) is 0. The van der Waals surface area contributed by atoms with E-state index in [1.165, 1.54) is 0 Å². The fraction of sp³-hybridized carbons (Fsp3) is 0.0833. The number of allylic oxidation sites excluding steroid dienone is 2. The molecule has 0 aliphatic heterocycles. The van der Waals surface area contributed by atoms with Gasteiger partial charge in [0.05, 0.1) is 0 Å². The van der Waals surface area contributed by atoms with Crippen molar-refractivity contribution in [2.75, 3.05) is 0 Å². The van der Waals surface area contributed by atoms with Gasteiger partial charge in [-0.05, 0) is 58.9 Å². The SMILES string of the molecule is Cc1ccc(C(=O)C=C(CC(=O)c2ccc(I)cc2)c2ccccc2)cc1. The van der Waals surface area contributed by atoms with E-state index in [4.69, 9.17) is 0 Å². The number of halogens is 1. The fourth-order valence-corrected chi connectivity index (χ4v) is 3.12. The Balaban J connectivity index is 1.91. The van der Waals surface area contributed by atoms with Crippen molar-refractivity contribution < 1.29 is 9.59 Å². The predicted molar refractivity (Wildman–Crippen MR) is 118 cm³/mol. The van der Waals surface area contributed by atoms with Gasteiger partial charge in [0.1, 0.15) is 0 Å². The number of benzene rings is 3. The first-order valence-electron chi connectivity index (χ1n) is 8.69. The number of aryl methyl sites for hydroxylation is 1. The Morgan fingerprint density at radius 1 is 0.778 bits per heavy atom. The van der Waals surface area contributed by atoms with Gasteiger partial charge in [0.15, 0.2) is 11.6 Å². The van der Waals surface area contributed by atoms with Crippen LogP contribution in [0, 0.1) is 10.5 Å². The minimum absolute atomic E-state index is 0.00166. The Hall–Kier alpha value is -2.53. The van der Waals surface area contributed by atoms with Crippen LogP contribution >= 0.6 is 22.6 Å². The quantitative estimate of drug-likeness (QED) is 0.249. The first-order valence-corrected chi connectivity index (χ1v) is 9.76. The zero-order valence-electron chi connectivity index (χ0n) is 15.0. The molecule has 0 aromatic heterocycles. The number of carbonyl (C=O) groups excluding carboxylic acids is 2. The van der Waals surface area contributed by atoms with Crippen molar-refractivity contribution >= 4 is 39.7 Å². The van der Waals surface area contributed by atoms with E-state index in [0.29, 0.717) is 11.1 Å². The molecule has 0 spiro atoms. The third-order valence-electron chi connectivity index (χ3n) is 4.30. The molecule has 0 aliphatic rings. The van der Waals surface area contributed by atoms with Crippen LogP contribution in [0.2, 0.25) is 0 Å². The van der Waals surface area contributed by atoms with Crippen LogP contribution in [0.15, 0.2) is 84.9 Å². The average Bonchev–Trinajstić information content (AvgIpc) is 2.69. The predicted octanol–water partition coefficient (Wildman–Crippen LogP) is 6.14. The average molecular weight is 466 g/mol. The summed E-state index contributed by atoms with van der Waals surface area (Å²) in [7, 11) is 0. The minimum atomic E-state index is -0.0933. The van der Waals surface area contributed by atoms with E-state index in [-0.39, 0.29) is 18.0 Å². The molecular formula is C24H19IO2. The molecule has 0 saturated carbocycles. The zero-order valence-corrected chi connectivity index (χ0v) is 17.1. The Morgan fingerprint density at radius 2 is 1.37 bits per heavy atom. The highest BCUT2D eigenvalue weighted by Crippen LogP contribution is 2.22. The van der Waals surface area contributed by atoms with Crippen molar-refractivity contribution in [3.8, 4) is 0 Å². The van der Waals surface area contributed by atoms with Crippen molar-refractivity contribution in [1.29, 1.82) is 0 Å². The Morgan fingerprint density at radius 3 is 2.00 bits per heavy atom. The lowest BCUT2D eigenvalue weighted by Gasteiger charge is -2.08. The molecule has 0 amide bonds. The van der Waals surface area contributed by atoms with Crippen molar-refractivity contribution in [3.05, 3.63) is 111 Å². The summed E-state index contributed by atoms with van der Waals surface area (Å²) < 4.78 is 1.08. The summed E-state index contributed by atoms with van der Waals surface area (Å²) in [5.41, 5.74) is 3.99. The molecule has 27 heavy (non-hydrogen) atoms. The third-order valence-corrected chi connectivity index (χ3v) is 5.02. The summed E-state index contributed by atoms with van der Waals surface area (Å²) in [4.78, 5) is 25.5. The summed E-state index contributed by atoms with van der Waals surface area (Å²) in [6.45, 7) is 1.99. The molecule has 0 heterocycles. The lowest BCUT2D eigenvalue weighted by atomic mass is 9.95. The van der Waals surface area contributed by atoms with Crippen LogP contribution in [-0.2, 0) is 0 Å². The van der Waals surface area contributed by atoms with E-state index in [9.17, 15) is 9.59 Å². The monoisotopic (exact) mass is 466 g/mol. The van der Waals surface area contributed by atoms with Gasteiger partial charge in [-0.15, -0.1) is 0 Å². The van der Waals surface area contributed by atoms with Crippen molar-refractivity contribution in [2.24, 2.45) is 0 Å². The lowest BCUT2D eigenvalue weighted by molar-refractivity contribution is 0.0998. The van der Waals surface area contributed by atoms with Crippen LogP contribution in [0.1, 0.15) is 38.3 Å². The molecule has 3 rings (SSSR count). The number of hydrogen-bond acceptors (Lipinski definition) is 2. The van der Waals surface area contributed by atoms with Gasteiger partial charge >= 0.3 is 0 Å². The van der Waals surface area contributed by atoms with Crippen LogP contribution < -0.4 is 0 Å². The highest BCUT2D eigenvalue weighted by Gasteiger charge is 2.13. The Labute approximate surface area is 173 Å². The highest BCUT2D eigenvalue weighted by molar-refractivity contribution is 14.1. The van der Waals surface area contributed by atoms with Crippen LogP contribution in [-0.4, -0.2) is 11.6 Å². The molecule has 0 radical (unpaired) electrons. The van der Waals surface area contributed by atoms with E-state index < -0.39 is 0 Å². The maximum Gasteiger partial charge on any atom is 0.186 e. The molecule has 134 valence electrons. The molecule has 0 aliphatic carbocycles. The van der Waals surface area contributed by atoms with Gasteiger partial charge in [0, 0.05) is 21.1 Å². The molecule has 3 heteroatoms. The molecule has 0 fully saturated rings.